The van der Waals surface area contributed by atoms with Crippen LogP contribution in [-0.4, -0.2) is 30.1 Å². The van der Waals surface area contributed by atoms with Crippen molar-refractivity contribution in [2.75, 3.05) is 13.1 Å². The van der Waals surface area contributed by atoms with Gasteiger partial charge in [-0.3, -0.25) is 4.90 Å². The van der Waals surface area contributed by atoms with Crippen LogP contribution in [0.2, 0.25) is 0 Å². The van der Waals surface area contributed by atoms with E-state index in [2.05, 4.69) is 34.7 Å². The molecule has 2 aliphatic heterocycles. The Labute approximate surface area is 108 Å². The Morgan fingerprint density at radius 3 is 3.18 bits per heavy atom. The Morgan fingerprint density at radius 2 is 2.41 bits per heavy atom. The minimum atomic E-state index is 0.570. The topological polar surface area (TPSA) is 15.3 Å². The maximum atomic E-state index is 3.91. The van der Waals surface area contributed by atoms with Crippen molar-refractivity contribution in [2.45, 2.75) is 50.7 Å². The van der Waals surface area contributed by atoms with Crippen LogP contribution in [0.1, 0.15) is 43.5 Å². The molecule has 3 heterocycles. The molecule has 0 saturated carbocycles. The van der Waals surface area contributed by atoms with Crippen LogP contribution in [0.5, 0.6) is 0 Å². The average molecular weight is 250 g/mol. The molecule has 0 amide bonds. The summed E-state index contributed by atoms with van der Waals surface area (Å²) in [4.78, 5) is 4.18. The highest BCUT2D eigenvalue weighted by atomic mass is 32.1. The third-order valence-corrected chi connectivity index (χ3v) is 5.30. The Bertz CT molecular complexity index is 349. The summed E-state index contributed by atoms with van der Waals surface area (Å²) in [7, 11) is 0. The lowest BCUT2D eigenvalue weighted by atomic mass is 10.0. The number of thiophene rings is 1. The van der Waals surface area contributed by atoms with Crippen molar-refractivity contribution >= 4 is 11.3 Å². The van der Waals surface area contributed by atoms with Gasteiger partial charge in [0.1, 0.15) is 0 Å². The Kier molecular flexibility index (Phi) is 3.50. The lowest BCUT2D eigenvalue weighted by Crippen LogP contribution is -2.40. The summed E-state index contributed by atoms with van der Waals surface area (Å²) in [5.41, 5.74) is 0. The molecule has 3 rings (SSSR count). The molecule has 1 aromatic rings. The zero-order valence-corrected chi connectivity index (χ0v) is 11.4. The van der Waals surface area contributed by atoms with Gasteiger partial charge in [0, 0.05) is 29.5 Å². The van der Waals surface area contributed by atoms with Gasteiger partial charge in [-0.1, -0.05) is 13.0 Å². The van der Waals surface area contributed by atoms with E-state index < -0.39 is 0 Å². The van der Waals surface area contributed by atoms with Gasteiger partial charge in [-0.2, -0.15) is 0 Å². The monoisotopic (exact) mass is 250 g/mol. The van der Waals surface area contributed by atoms with E-state index in [0.29, 0.717) is 6.04 Å². The van der Waals surface area contributed by atoms with Crippen LogP contribution in [0, 0.1) is 0 Å². The Hall–Kier alpha value is -0.380. The van der Waals surface area contributed by atoms with Crippen LogP contribution < -0.4 is 5.32 Å². The molecule has 2 nitrogen and oxygen atoms in total. The molecule has 1 aromatic heterocycles. The highest BCUT2D eigenvalue weighted by Crippen LogP contribution is 2.31. The van der Waals surface area contributed by atoms with Gasteiger partial charge >= 0.3 is 0 Å². The third kappa shape index (κ3) is 2.28. The van der Waals surface area contributed by atoms with E-state index in [4.69, 9.17) is 0 Å². The van der Waals surface area contributed by atoms with Gasteiger partial charge in [-0.25, -0.2) is 0 Å². The zero-order valence-electron chi connectivity index (χ0n) is 10.6. The van der Waals surface area contributed by atoms with Gasteiger partial charge in [-0.05, 0) is 43.7 Å². The van der Waals surface area contributed by atoms with E-state index in [9.17, 15) is 0 Å². The number of rotatable bonds is 4. The molecule has 2 aliphatic rings. The fourth-order valence-electron chi connectivity index (χ4n) is 3.43. The molecule has 0 bridgehead atoms. The summed E-state index contributed by atoms with van der Waals surface area (Å²) >= 11 is 1.89. The highest BCUT2D eigenvalue weighted by Gasteiger charge is 2.37. The minimum Gasteiger partial charge on any atom is -0.305 e. The van der Waals surface area contributed by atoms with E-state index in [0.717, 1.165) is 12.1 Å². The normalized spacial score (nSPS) is 30.6. The number of hydrogen-bond acceptors (Lipinski definition) is 3. The molecule has 0 spiro atoms. The van der Waals surface area contributed by atoms with Gasteiger partial charge < -0.3 is 5.32 Å². The summed E-state index contributed by atoms with van der Waals surface area (Å²) < 4.78 is 0. The van der Waals surface area contributed by atoms with Crippen molar-refractivity contribution in [1.82, 2.24) is 10.2 Å². The van der Waals surface area contributed by atoms with Crippen molar-refractivity contribution in [1.29, 1.82) is 0 Å². The van der Waals surface area contributed by atoms with Gasteiger partial charge in [0.15, 0.2) is 0 Å². The predicted octanol–water partition coefficient (Wildman–Crippen LogP) is 3.03. The van der Waals surface area contributed by atoms with Crippen molar-refractivity contribution in [2.24, 2.45) is 0 Å². The maximum absolute atomic E-state index is 3.91. The summed E-state index contributed by atoms with van der Waals surface area (Å²) in [5, 5.41) is 6.10. The van der Waals surface area contributed by atoms with Crippen LogP contribution >= 0.6 is 11.3 Å². The second-order valence-electron chi connectivity index (χ2n) is 5.28. The smallest absolute Gasteiger partial charge is 0.0414 e. The van der Waals surface area contributed by atoms with E-state index in [1.165, 1.54) is 43.6 Å². The molecule has 94 valence electrons. The lowest BCUT2D eigenvalue weighted by molar-refractivity contribution is 0.288. The van der Waals surface area contributed by atoms with Crippen LogP contribution in [0.25, 0.3) is 0 Å². The molecule has 2 saturated heterocycles. The SMILES string of the molecule is CCC(NC1CCN2CCCC12)c1cccs1. The van der Waals surface area contributed by atoms with Crippen LogP contribution in [0.4, 0.5) is 0 Å². The number of nitrogens with zero attached hydrogens (tertiary/aromatic N) is 1. The first-order valence-corrected chi connectivity index (χ1v) is 7.80. The Balaban J connectivity index is 1.65. The van der Waals surface area contributed by atoms with Crippen molar-refractivity contribution in [3.63, 3.8) is 0 Å². The summed E-state index contributed by atoms with van der Waals surface area (Å²) in [6.45, 7) is 4.93. The lowest BCUT2D eigenvalue weighted by Gasteiger charge is -2.26. The van der Waals surface area contributed by atoms with Crippen LogP contribution in [0.3, 0.4) is 0 Å². The molecule has 2 fully saturated rings. The standard InChI is InChI=1S/C14H22N2S/c1-2-11(14-6-4-10-17-14)15-12-7-9-16-8-3-5-13(12)16/h4,6,10-13,15H,2-3,5,7-9H2,1H3. The van der Waals surface area contributed by atoms with Crippen LogP contribution in [-0.2, 0) is 0 Å². The molecule has 0 aromatic carbocycles. The van der Waals surface area contributed by atoms with Crippen LogP contribution in [0.15, 0.2) is 17.5 Å². The van der Waals surface area contributed by atoms with E-state index >= 15 is 0 Å². The molecule has 3 unspecified atom stereocenters. The van der Waals surface area contributed by atoms with Gasteiger partial charge in [0.05, 0.1) is 0 Å². The number of fused-ring (bicyclic) bond motifs is 1. The second-order valence-corrected chi connectivity index (χ2v) is 6.26. The third-order valence-electron chi connectivity index (χ3n) is 4.32. The molecule has 0 radical (unpaired) electrons. The number of nitrogens with one attached hydrogen (secondary N) is 1. The fourth-order valence-corrected chi connectivity index (χ4v) is 4.30. The maximum Gasteiger partial charge on any atom is 0.0414 e. The molecule has 0 aliphatic carbocycles. The molecule has 1 N–H and O–H groups in total. The molecular weight excluding hydrogens is 228 g/mol. The van der Waals surface area contributed by atoms with E-state index in [1.807, 2.05) is 11.3 Å². The van der Waals surface area contributed by atoms with Gasteiger partial charge in [-0.15, -0.1) is 11.3 Å². The first kappa shape index (κ1) is 11.7. The first-order chi connectivity index (χ1) is 8.38. The molecule has 17 heavy (non-hydrogen) atoms. The largest absolute Gasteiger partial charge is 0.305 e. The second kappa shape index (κ2) is 5.09. The van der Waals surface area contributed by atoms with E-state index in [1.54, 1.807) is 0 Å². The van der Waals surface area contributed by atoms with Crippen molar-refractivity contribution in [3.05, 3.63) is 22.4 Å². The predicted molar refractivity (Wildman–Crippen MR) is 73.5 cm³/mol. The summed E-state index contributed by atoms with van der Waals surface area (Å²) in [5.74, 6) is 0. The van der Waals surface area contributed by atoms with Gasteiger partial charge in [0.25, 0.3) is 0 Å². The Morgan fingerprint density at radius 1 is 1.47 bits per heavy atom. The minimum absolute atomic E-state index is 0.570. The van der Waals surface area contributed by atoms with Crippen molar-refractivity contribution in [3.8, 4) is 0 Å². The quantitative estimate of drug-likeness (QED) is 0.883. The van der Waals surface area contributed by atoms with Crippen molar-refractivity contribution < 1.29 is 0 Å². The number of hydrogen-bond donors (Lipinski definition) is 1. The first-order valence-electron chi connectivity index (χ1n) is 6.92. The average Bonchev–Trinajstić information content (AvgIpc) is 3.04. The highest BCUT2D eigenvalue weighted by molar-refractivity contribution is 7.10. The fraction of sp³-hybridized carbons (Fsp3) is 0.714. The molecule has 3 atom stereocenters. The van der Waals surface area contributed by atoms with E-state index in [-0.39, 0.29) is 0 Å². The molecular formula is C14H22N2S. The summed E-state index contributed by atoms with van der Waals surface area (Å²) in [6.07, 6.45) is 5.34. The summed E-state index contributed by atoms with van der Waals surface area (Å²) in [6, 6.07) is 6.56. The molecule has 3 heteroatoms. The zero-order chi connectivity index (χ0) is 11.7. The van der Waals surface area contributed by atoms with Gasteiger partial charge in [0.2, 0.25) is 0 Å².